The number of hydrogen-bond donors (Lipinski definition) is 2. The number of benzene rings is 1. The molecule has 1 aromatic carbocycles. The van der Waals surface area contributed by atoms with Crippen molar-refractivity contribution in [2.24, 2.45) is 4.99 Å². The minimum absolute atomic E-state index is 0. The van der Waals surface area contributed by atoms with Gasteiger partial charge in [-0.1, -0.05) is 24.3 Å². The van der Waals surface area contributed by atoms with Crippen LogP contribution in [0.2, 0.25) is 0 Å². The number of piperidine rings is 1. The second-order valence-electron chi connectivity index (χ2n) is 7.93. The molecule has 5 nitrogen and oxygen atoms in total. The largest absolute Gasteiger partial charge is 0.364 e. The molecule has 0 spiro atoms. The van der Waals surface area contributed by atoms with Crippen LogP contribution < -0.4 is 15.5 Å². The lowest BCUT2D eigenvalue weighted by atomic mass is 10.1. The van der Waals surface area contributed by atoms with Crippen LogP contribution in [0.5, 0.6) is 0 Å². The molecule has 154 valence electrons. The van der Waals surface area contributed by atoms with E-state index >= 15 is 0 Å². The Kier molecular flexibility index (Phi) is 8.02. The first-order valence-corrected chi connectivity index (χ1v) is 10.6. The average molecular weight is 495 g/mol. The van der Waals surface area contributed by atoms with E-state index in [0.29, 0.717) is 12.6 Å². The Labute approximate surface area is 186 Å². The monoisotopic (exact) mass is 495 g/mol. The number of hydrogen-bond acceptors (Lipinski definition) is 3. The van der Waals surface area contributed by atoms with E-state index < -0.39 is 0 Å². The summed E-state index contributed by atoms with van der Waals surface area (Å²) in [6.45, 7) is 8.22. The highest BCUT2D eigenvalue weighted by molar-refractivity contribution is 14.0. The molecule has 0 amide bonds. The van der Waals surface area contributed by atoms with Gasteiger partial charge in [-0.2, -0.15) is 0 Å². The summed E-state index contributed by atoms with van der Waals surface area (Å²) in [7, 11) is 0. The SMILES string of the molecule is CCNC(=NCc1cccc(N2CC=CC2)c1)NC1CCN(C2CC2)CC1.I. The van der Waals surface area contributed by atoms with Crippen LogP contribution in [0, 0.1) is 0 Å². The van der Waals surface area contributed by atoms with Crippen molar-refractivity contribution in [3.63, 3.8) is 0 Å². The Morgan fingerprint density at radius 3 is 2.54 bits per heavy atom. The van der Waals surface area contributed by atoms with Crippen molar-refractivity contribution >= 4 is 35.6 Å². The van der Waals surface area contributed by atoms with Gasteiger partial charge in [0.25, 0.3) is 0 Å². The molecule has 28 heavy (non-hydrogen) atoms. The lowest BCUT2D eigenvalue weighted by molar-refractivity contribution is 0.197. The van der Waals surface area contributed by atoms with Gasteiger partial charge in [-0.25, -0.2) is 4.99 Å². The molecular formula is C22H34IN5. The van der Waals surface area contributed by atoms with E-state index in [4.69, 9.17) is 4.99 Å². The van der Waals surface area contributed by atoms with E-state index in [1.807, 2.05) is 0 Å². The first-order chi connectivity index (χ1) is 13.3. The molecule has 1 saturated heterocycles. The molecule has 1 aliphatic carbocycles. The zero-order chi connectivity index (χ0) is 18.5. The van der Waals surface area contributed by atoms with Gasteiger partial charge in [0, 0.05) is 50.5 Å². The highest BCUT2D eigenvalue weighted by Gasteiger charge is 2.31. The van der Waals surface area contributed by atoms with E-state index in [-0.39, 0.29) is 24.0 Å². The molecule has 0 bridgehead atoms. The Bertz CT molecular complexity index is 669. The second-order valence-corrected chi connectivity index (χ2v) is 7.93. The molecule has 0 atom stereocenters. The summed E-state index contributed by atoms with van der Waals surface area (Å²) in [4.78, 5) is 9.91. The molecule has 2 N–H and O–H groups in total. The molecule has 0 unspecified atom stereocenters. The van der Waals surface area contributed by atoms with Crippen molar-refractivity contribution in [1.29, 1.82) is 0 Å². The maximum atomic E-state index is 4.86. The van der Waals surface area contributed by atoms with E-state index in [1.54, 1.807) is 0 Å². The van der Waals surface area contributed by atoms with Crippen molar-refractivity contribution < 1.29 is 0 Å². The van der Waals surface area contributed by atoms with Gasteiger partial charge >= 0.3 is 0 Å². The number of likely N-dealkylation sites (tertiary alicyclic amines) is 1. The van der Waals surface area contributed by atoms with E-state index in [0.717, 1.165) is 31.6 Å². The zero-order valence-electron chi connectivity index (χ0n) is 16.9. The van der Waals surface area contributed by atoms with Gasteiger partial charge in [-0.3, -0.25) is 0 Å². The molecular weight excluding hydrogens is 461 g/mol. The van der Waals surface area contributed by atoms with Crippen LogP contribution in [0.4, 0.5) is 5.69 Å². The van der Waals surface area contributed by atoms with E-state index in [2.05, 4.69) is 63.8 Å². The fourth-order valence-corrected chi connectivity index (χ4v) is 4.07. The predicted molar refractivity (Wildman–Crippen MR) is 129 cm³/mol. The number of guanidine groups is 1. The molecule has 3 aliphatic rings. The molecule has 1 saturated carbocycles. The summed E-state index contributed by atoms with van der Waals surface area (Å²) in [5, 5.41) is 7.09. The molecule has 4 rings (SSSR count). The van der Waals surface area contributed by atoms with Gasteiger partial charge in [-0.15, -0.1) is 24.0 Å². The van der Waals surface area contributed by atoms with E-state index in [9.17, 15) is 0 Å². The van der Waals surface area contributed by atoms with Gasteiger partial charge in [-0.05, 0) is 50.3 Å². The number of aliphatic imine (C=N–C) groups is 1. The Balaban J connectivity index is 0.00000225. The number of nitrogens with one attached hydrogen (secondary N) is 2. The zero-order valence-corrected chi connectivity index (χ0v) is 19.3. The Morgan fingerprint density at radius 1 is 1.11 bits per heavy atom. The third-order valence-corrected chi connectivity index (χ3v) is 5.79. The van der Waals surface area contributed by atoms with Gasteiger partial charge in [0.15, 0.2) is 5.96 Å². The third-order valence-electron chi connectivity index (χ3n) is 5.79. The lowest BCUT2D eigenvalue weighted by Gasteiger charge is -2.33. The number of halogens is 1. The van der Waals surface area contributed by atoms with Crippen molar-refractivity contribution in [1.82, 2.24) is 15.5 Å². The number of rotatable bonds is 6. The normalized spacial score (nSPS) is 20.9. The standard InChI is InChI=1S/C22H33N5.HI/c1-2-23-22(25-19-10-14-27(15-11-19)20-8-9-20)24-17-18-6-5-7-21(16-18)26-12-3-4-13-26;/h3-7,16,19-20H,2,8-15,17H2,1H3,(H2,23,24,25);1H. The van der Waals surface area contributed by atoms with Gasteiger partial charge in [0.05, 0.1) is 6.54 Å². The summed E-state index contributed by atoms with van der Waals surface area (Å²) in [6.07, 6.45) is 9.72. The number of nitrogens with zero attached hydrogens (tertiary/aromatic N) is 3. The smallest absolute Gasteiger partial charge is 0.191 e. The Hall–Kier alpha value is -1.28. The van der Waals surface area contributed by atoms with Crippen LogP contribution in [0.25, 0.3) is 0 Å². The molecule has 2 heterocycles. The fraction of sp³-hybridized carbons (Fsp3) is 0.591. The predicted octanol–water partition coefficient (Wildman–Crippen LogP) is 3.36. The third kappa shape index (κ3) is 5.86. The molecule has 6 heteroatoms. The average Bonchev–Trinajstić information content (AvgIpc) is 3.40. The fourth-order valence-electron chi connectivity index (χ4n) is 4.07. The first-order valence-electron chi connectivity index (χ1n) is 10.6. The molecule has 2 aliphatic heterocycles. The molecule has 0 aromatic heterocycles. The summed E-state index contributed by atoms with van der Waals surface area (Å²) in [5.41, 5.74) is 2.55. The summed E-state index contributed by atoms with van der Waals surface area (Å²) in [6, 6.07) is 10.2. The van der Waals surface area contributed by atoms with Crippen LogP contribution >= 0.6 is 24.0 Å². The quantitative estimate of drug-likeness (QED) is 0.275. The van der Waals surface area contributed by atoms with Gasteiger partial charge in [0.2, 0.25) is 0 Å². The highest BCUT2D eigenvalue weighted by atomic mass is 127. The van der Waals surface area contributed by atoms with Gasteiger partial charge < -0.3 is 20.4 Å². The van der Waals surface area contributed by atoms with Crippen molar-refractivity contribution in [2.75, 3.05) is 37.6 Å². The highest BCUT2D eigenvalue weighted by Crippen LogP contribution is 2.29. The topological polar surface area (TPSA) is 42.9 Å². The van der Waals surface area contributed by atoms with Crippen LogP contribution in [0.15, 0.2) is 41.4 Å². The minimum Gasteiger partial charge on any atom is -0.364 e. The molecule has 1 aromatic rings. The lowest BCUT2D eigenvalue weighted by Crippen LogP contribution is -2.49. The Morgan fingerprint density at radius 2 is 1.86 bits per heavy atom. The van der Waals surface area contributed by atoms with Gasteiger partial charge in [0.1, 0.15) is 0 Å². The van der Waals surface area contributed by atoms with Crippen LogP contribution in [-0.2, 0) is 6.54 Å². The minimum atomic E-state index is 0. The summed E-state index contributed by atoms with van der Waals surface area (Å²) in [5.74, 6) is 0.954. The van der Waals surface area contributed by atoms with Crippen LogP contribution in [0.1, 0.15) is 38.2 Å². The molecule has 2 fully saturated rings. The summed E-state index contributed by atoms with van der Waals surface area (Å²) < 4.78 is 0. The maximum absolute atomic E-state index is 4.86. The van der Waals surface area contributed by atoms with Crippen molar-refractivity contribution in [3.05, 3.63) is 42.0 Å². The van der Waals surface area contributed by atoms with E-state index in [1.165, 1.54) is 50.0 Å². The summed E-state index contributed by atoms with van der Waals surface area (Å²) >= 11 is 0. The van der Waals surface area contributed by atoms with Crippen LogP contribution in [-0.4, -0.2) is 55.7 Å². The number of anilines is 1. The van der Waals surface area contributed by atoms with Crippen molar-refractivity contribution in [2.45, 2.75) is 51.2 Å². The first kappa shape index (κ1) is 21.4. The second kappa shape index (κ2) is 10.5. The molecule has 0 radical (unpaired) electrons. The van der Waals surface area contributed by atoms with Crippen molar-refractivity contribution in [3.8, 4) is 0 Å². The van der Waals surface area contributed by atoms with Crippen LogP contribution in [0.3, 0.4) is 0 Å². The maximum Gasteiger partial charge on any atom is 0.191 e.